The second-order valence-corrected chi connectivity index (χ2v) is 7.76. The molecule has 0 unspecified atom stereocenters. The van der Waals surface area contributed by atoms with Gasteiger partial charge in [-0.2, -0.15) is 23.6 Å². The molecule has 150 valence electrons. The number of nitrogens with one attached hydrogen (secondary N) is 1. The average Bonchev–Trinajstić information content (AvgIpc) is 3.09. The van der Waals surface area contributed by atoms with E-state index in [1.165, 1.54) is 29.3 Å². The highest BCUT2D eigenvalue weighted by molar-refractivity contribution is 7.85. The molecule has 30 heavy (non-hydrogen) atoms. The fourth-order valence-electron chi connectivity index (χ4n) is 2.85. The van der Waals surface area contributed by atoms with Crippen LogP contribution in [0.3, 0.4) is 0 Å². The van der Waals surface area contributed by atoms with Crippen LogP contribution in [0.15, 0.2) is 100 Å². The van der Waals surface area contributed by atoms with E-state index in [0.29, 0.717) is 17.1 Å². The molecule has 0 aliphatic carbocycles. The summed E-state index contributed by atoms with van der Waals surface area (Å²) in [6.45, 7) is 0. The average molecular weight is 420 g/mol. The molecule has 0 fully saturated rings. The number of anilines is 2. The zero-order valence-electron chi connectivity index (χ0n) is 15.5. The molecule has 0 atom stereocenters. The number of hydrogen-bond acceptors (Lipinski definition) is 6. The number of hydrogen-bond donors (Lipinski definition) is 2. The van der Waals surface area contributed by atoms with E-state index in [1.807, 2.05) is 48.5 Å². The highest BCUT2D eigenvalue weighted by Gasteiger charge is 2.34. The molecule has 0 saturated heterocycles. The van der Waals surface area contributed by atoms with E-state index in [2.05, 4.69) is 15.6 Å². The molecule has 1 aliphatic heterocycles. The molecule has 1 aliphatic rings. The van der Waals surface area contributed by atoms with Crippen LogP contribution in [-0.2, 0) is 14.9 Å². The summed E-state index contributed by atoms with van der Waals surface area (Å²) in [5.41, 5.74) is 5.05. The van der Waals surface area contributed by atoms with Gasteiger partial charge in [-0.25, -0.2) is 0 Å². The molecule has 1 amide bonds. The van der Waals surface area contributed by atoms with Gasteiger partial charge in [0, 0.05) is 5.56 Å². The third-order valence-corrected chi connectivity index (χ3v) is 5.18. The SMILES string of the molecule is O=C1/C(=N\Nc2ccc(S(=O)(=O)O)cc2)C(c2ccccc2)=NN1c1ccccc1. The molecular formula is C21H16N4O4S. The van der Waals surface area contributed by atoms with Crippen molar-refractivity contribution in [2.24, 2.45) is 10.2 Å². The summed E-state index contributed by atoms with van der Waals surface area (Å²) in [6, 6.07) is 23.5. The van der Waals surface area contributed by atoms with Gasteiger partial charge in [0.15, 0.2) is 5.71 Å². The number of amides is 1. The second kappa shape index (κ2) is 7.90. The predicted molar refractivity (Wildman–Crippen MR) is 114 cm³/mol. The summed E-state index contributed by atoms with van der Waals surface area (Å²) < 4.78 is 31.4. The topological polar surface area (TPSA) is 111 Å². The van der Waals surface area contributed by atoms with Crippen LogP contribution in [0.2, 0.25) is 0 Å². The van der Waals surface area contributed by atoms with Gasteiger partial charge >= 0.3 is 5.91 Å². The summed E-state index contributed by atoms with van der Waals surface area (Å²) in [4.78, 5) is 12.8. The smallest absolute Gasteiger partial charge is 0.282 e. The van der Waals surface area contributed by atoms with Crippen molar-refractivity contribution in [3.63, 3.8) is 0 Å². The van der Waals surface area contributed by atoms with Gasteiger partial charge in [-0.05, 0) is 36.4 Å². The van der Waals surface area contributed by atoms with Gasteiger partial charge in [-0.3, -0.25) is 14.8 Å². The lowest BCUT2D eigenvalue weighted by Crippen LogP contribution is -2.28. The van der Waals surface area contributed by atoms with Gasteiger partial charge in [-0.1, -0.05) is 48.5 Å². The number of carbonyl (C=O) groups excluding carboxylic acids is 1. The first-order valence-electron chi connectivity index (χ1n) is 8.88. The first-order valence-corrected chi connectivity index (χ1v) is 10.3. The van der Waals surface area contributed by atoms with E-state index in [9.17, 15) is 13.2 Å². The van der Waals surface area contributed by atoms with Gasteiger partial charge in [0.05, 0.1) is 16.3 Å². The van der Waals surface area contributed by atoms with E-state index in [4.69, 9.17) is 4.55 Å². The Morgan fingerprint density at radius 2 is 1.47 bits per heavy atom. The summed E-state index contributed by atoms with van der Waals surface area (Å²) >= 11 is 0. The lowest BCUT2D eigenvalue weighted by molar-refractivity contribution is -0.112. The van der Waals surface area contributed by atoms with Crippen molar-refractivity contribution >= 4 is 38.8 Å². The predicted octanol–water partition coefficient (Wildman–Crippen LogP) is 3.15. The van der Waals surface area contributed by atoms with Gasteiger partial charge < -0.3 is 0 Å². The molecule has 0 spiro atoms. The lowest BCUT2D eigenvalue weighted by atomic mass is 10.1. The highest BCUT2D eigenvalue weighted by Crippen LogP contribution is 2.22. The largest absolute Gasteiger partial charge is 0.301 e. The van der Waals surface area contributed by atoms with E-state index < -0.39 is 16.0 Å². The summed E-state index contributed by atoms with van der Waals surface area (Å²) in [6.07, 6.45) is 0. The van der Waals surface area contributed by atoms with Crippen molar-refractivity contribution in [1.29, 1.82) is 0 Å². The maximum Gasteiger partial charge on any atom is 0.301 e. The van der Waals surface area contributed by atoms with E-state index >= 15 is 0 Å². The van der Waals surface area contributed by atoms with Gasteiger partial charge in [0.1, 0.15) is 5.71 Å². The zero-order chi connectivity index (χ0) is 21.1. The Kier molecular flexibility index (Phi) is 5.13. The molecule has 3 aromatic rings. The van der Waals surface area contributed by atoms with Crippen molar-refractivity contribution in [2.45, 2.75) is 4.90 Å². The minimum absolute atomic E-state index is 0.115. The fourth-order valence-corrected chi connectivity index (χ4v) is 3.33. The number of para-hydroxylation sites is 1. The monoisotopic (exact) mass is 420 g/mol. The molecule has 3 aromatic carbocycles. The Morgan fingerprint density at radius 1 is 0.867 bits per heavy atom. The van der Waals surface area contributed by atoms with Crippen LogP contribution in [0, 0.1) is 0 Å². The maximum atomic E-state index is 13.0. The normalized spacial score (nSPS) is 15.4. The molecular weight excluding hydrogens is 404 g/mol. The minimum atomic E-state index is -4.29. The summed E-state index contributed by atoms with van der Waals surface area (Å²) in [7, 11) is -4.29. The number of hydrazone groups is 2. The van der Waals surface area contributed by atoms with E-state index in [-0.39, 0.29) is 10.6 Å². The fraction of sp³-hybridized carbons (Fsp3) is 0. The first kappa shape index (κ1) is 19.5. The first-order chi connectivity index (χ1) is 14.4. The third-order valence-electron chi connectivity index (χ3n) is 4.32. The van der Waals surface area contributed by atoms with Crippen LogP contribution in [0.5, 0.6) is 0 Å². The van der Waals surface area contributed by atoms with Crippen LogP contribution in [0.1, 0.15) is 5.56 Å². The van der Waals surface area contributed by atoms with Crippen LogP contribution in [-0.4, -0.2) is 30.3 Å². The Hall–Kier alpha value is -3.82. The number of benzene rings is 3. The second-order valence-electron chi connectivity index (χ2n) is 6.34. The summed E-state index contributed by atoms with van der Waals surface area (Å²) in [5.74, 6) is -0.401. The summed E-state index contributed by atoms with van der Waals surface area (Å²) in [5, 5.41) is 9.98. The van der Waals surface area contributed by atoms with Crippen molar-refractivity contribution in [2.75, 3.05) is 10.4 Å². The standard InChI is InChI=1S/C21H16N4O4S/c26-21-20(23-22-16-11-13-18(14-12-16)30(27,28)29)19(15-7-3-1-4-8-15)24-25(21)17-9-5-2-6-10-17/h1-14,22H,(H,27,28,29)/b23-20-. The van der Waals surface area contributed by atoms with Gasteiger partial charge in [0.2, 0.25) is 0 Å². The molecule has 4 rings (SSSR count). The molecule has 0 bridgehead atoms. The maximum absolute atomic E-state index is 13.0. The molecule has 0 radical (unpaired) electrons. The Bertz CT molecular complexity index is 1240. The number of nitrogens with zero attached hydrogens (tertiary/aromatic N) is 3. The minimum Gasteiger partial charge on any atom is -0.282 e. The van der Waals surface area contributed by atoms with Crippen LogP contribution in [0.25, 0.3) is 0 Å². The van der Waals surface area contributed by atoms with Crippen molar-refractivity contribution in [1.82, 2.24) is 0 Å². The Morgan fingerprint density at radius 3 is 2.07 bits per heavy atom. The molecule has 0 aromatic heterocycles. The molecule has 8 nitrogen and oxygen atoms in total. The molecule has 0 saturated carbocycles. The number of rotatable bonds is 5. The molecule has 2 N–H and O–H groups in total. The molecule has 1 heterocycles. The van der Waals surface area contributed by atoms with Crippen LogP contribution >= 0.6 is 0 Å². The molecule has 9 heteroatoms. The van der Waals surface area contributed by atoms with Crippen molar-refractivity contribution < 1.29 is 17.8 Å². The van der Waals surface area contributed by atoms with Gasteiger partial charge in [0.25, 0.3) is 10.1 Å². The third kappa shape index (κ3) is 3.97. The van der Waals surface area contributed by atoms with Crippen LogP contribution in [0.4, 0.5) is 11.4 Å². The lowest BCUT2D eigenvalue weighted by Gasteiger charge is -2.10. The number of carbonyl (C=O) groups is 1. The van der Waals surface area contributed by atoms with Crippen LogP contribution < -0.4 is 10.4 Å². The van der Waals surface area contributed by atoms with Crippen molar-refractivity contribution in [3.8, 4) is 0 Å². The zero-order valence-corrected chi connectivity index (χ0v) is 16.3. The Balaban J connectivity index is 1.68. The van der Waals surface area contributed by atoms with E-state index in [1.54, 1.807) is 12.1 Å². The van der Waals surface area contributed by atoms with Gasteiger partial charge in [-0.15, -0.1) is 0 Å². The van der Waals surface area contributed by atoms with Crippen molar-refractivity contribution in [3.05, 3.63) is 90.5 Å². The Labute approximate surface area is 172 Å². The van der Waals surface area contributed by atoms with E-state index in [0.717, 1.165) is 5.56 Å². The quantitative estimate of drug-likeness (QED) is 0.487. The highest BCUT2D eigenvalue weighted by atomic mass is 32.2.